The number of unbranched alkanes of at least 4 members (excludes halogenated alkanes) is 18. The number of hydrogen-bond acceptors (Lipinski definition) is 3. The summed E-state index contributed by atoms with van der Waals surface area (Å²) in [5, 5.41) is 22.9. The Morgan fingerprint density at radius 2 is 1.00 bits per heavy atom. The maximum Gasteiger partial charge on any atom is 0.220 e. The quantitative estimate of drug-likeness (QED) is 0.0569. The first-order chi connectivity index (χ1) is 20.2. The summed E-state index contributed by atoms with van der Waals surface area (Å²) >= 11 is 0. The summed E-state index contributed by atoms with van der Waals surface area (Å²) in [5.74, 6) is -0.0490. The third kappa shape index (κ3) is 29.9. The van der Waals surface area contributed by atoms with Gasteiger partial charge in [-0.3, -0.25) is 4.79 Å². The van der Waals surface area contributed by atoms with E-state index < -0.39 is 12.1 Å². The summed E-state index contributed by atoms with van der Waals surface area (Å²) in [4.78, 5) is 12.3. The van der Waals surface area contributed by atoms with Crippen molar-refractivity contribution < 1.29 is 15.0 Å². The number of aliphatic hydroxyl groups excluding tert-OH is 2. The van der Waals surface area contributed by atoms with Crippen molar-refractivity contribution in [3.8, 4) is 0 Å². The Labute approximate surface area is 255 Å². The number of nitrogens with one attached hydrogen (secondary N) is 1. The second kappa shape index (κ2) is 33.1. The van der Waals surface area contributed by atoms with Crippen LogP contribution in [0.5, 0.6) is 0 Å². The number of allylic oxidation sites excluding steroid dienone is 6. The summed E-state index contributed by atoms with van der Waals surface area (Å²) in [5.41, 5.74) is 0. The fourth-order valence-corrected chi connectivity index (χ4v) is 5.13. The van der Waals surface area contributed by atoms with Crippen LogP contribution in [0.25, 0.3) is 0 Å². The first-order valence-corrected chi connectivity index (χ1v) is 17.7. The molecule has 0 spiro atoms. The van der Waals surface area contributed by atoms with Gasteiger partial charge >= 0.3 is 0 Å². The van der Waals surface area contributed by atoms with Crippen molar-refractivity contribution in [2.45, 2.75) is 187 Å². The number of amides is 1. The summed E-state index contributed by atoms with van der Waals surface area (Å²) in [6.45, 7) is 4.29. The molecule has 0 radical (unpaired) electrons. The average molecular weight is 576 g/mol. The molecule has 0 aromatic carbocycles. The molecule has 0 saturated carbocycles. The molecule has 0 aromatic heterocycles. The van der Waals surface area contributed by atoms with Gasteiger partial charge in [-0.2, -0.15) is 0 Å². The zero-order valence-electron chi connectivity index (χ0n) is 27.3. The second-order valence-corrected chi connectivity index (χ2v) is 11.9. The normalized spacial score (nSPS) is 13.6. The summed E-state index contributed by atoms with van der Waals surface area (Å²) < 4.78 is 0. The molecule has 0 heterocycles. The van der Waals surface area contributed by atoms with Crippen molar-refractivity contribution >= 4 is 5.91 Å². The molecule has 2 atom stereocenters. The highest BCUT2D eigenvalue weighted by Crippen LogP contribution is 2.13. The lowest BCUT2D eigenvalue weighted by molar-refractivity contribution is -0.123. The van der Waals surface area contributed by atoms with E-state index in [4.69, 9.17) is 0 Å². The van der Waals surface area contributed by atoms with Crippen molar-refractivity contribution in [2.75, 3.05) is 6.61 Å². The SMILES string of the molecule is CCCCCCC/C=C\C/C=C\C/C=C\CCCCCCCCC(=O)NC(CO)C(O)CCCCCCCCCC. The first-order valence-electron chi connectivity index (χ1n) is 17.7. The molecule has 4 nitrogen and oxygen atoms in total. The van der Waals surface area contributed by atoms with Gasteiger partial charge in [0.1, 0.15) is 0 Å². The third-order valence-corrected chi connectivity index (χ3v) is 7.90. The molecule has 0 bridgehead atoms. The van der Waals surface area contributed by atoms with Gasteiger partial charge in [0.15, 0.2) is 0 Å². The highest BCUT2D eigenvalue weighted by Gasteiger charge is 2.19. The van der Waals surface area contributed by atoms with E-state index in [-0.39, 0.29) is 12.5 Å². The van der Waals surface area contributed by atoms with Crippen LogP contribution in [-0.4, -0.2) is 34.9 Å². The standard InChI is InChI=1S/C37H69NO3/c1-3-5-7-9-11-13-14-15-16-17-18-19-20-21-22-23-24-25-27-29-31-33-37(41)38-35(34-39)36(40)32-30-28-26-12-10-8-6-4-2/h14-15,17-18,20-21,35-36,39-40H,3-13,16,19,22-34H2,1-2H3,(H,38,41)/b15-14-,18-17-,21-20-. The van der Waals surface area contributed by atoms with Crippen LogP contribution >= 0.6 is 0 Å². The van der Waals surface area contributed by atoms with Crippen LogP contribution in [0.1, 0.15) is 174 Å². The molecule has 41 heavy (non-hydrogen) atoms. The molecule has 0 aliphatic heterocycles. The van der Waals surface area contributed by atoms with Crippen LogP contribution in [0.15, 0.2) is 36.5 Å². The average Bonchev–Trinajstić information content (AvgIpc) is 2.97. The Balaban J connectivity index is 3.60. The lowest BCUT2D eigenvalue weighted by atomic mass is 10.0. The molecule has 0 aliphatic rings. The fourth-order valence-electron chi connectivity index (χ4n) is 5.13. The van der Waals surface area contributed by atoms with Crippen LogP contribution in [-0.2, 0) is 4.79 Å². The molecule has 0 aromatic rings. The zero-order valence-corrected chi connectivity index (χ0v) is 27.3. The maximum atomic E-state index is 12.3. The number of carbonyl (C=O) groups excluding carboxylic acids is 1. The minimum atomic E-state index is -0.661. The Hall–Kier alpha value is -1.39. The number of carbonyl (C=O) groups is 1. The highest BCUT2D eigenvalue weighted by molar-refractivity contribution is 5.76. The van der Waals surface area contributed by atoms with E-state index in [1.807, 2.05) is 0 Å². The van der Waals surface area contributed by atoms with E-state index in [2.05, 4.69) is 55.6 Å². The summed E-state index contributed by atoms with van der Waals surface area (Å²) in [7, 11) is 0. The van der Waals surface area contributed by atoms with Gasteiger partial charge in [0.2, 0.25) is 5.91 Å². The van der Waals surface area contributed by atoms with Gasteiger partial charge in [0.05, 0.1) is 18.8 Å². The first kappa shape index (κ1) is 39.6. The number of hydrogen-bond donors (Lipinski definition) is 3. The van der Waals surface area contributed by atoms with Gasteiger partial charge in [-0.15, -0.1) is 0 Å². The smallest absolute Gasteiger partial charge is 0.220 e. The molecule has 240 valence electrons. The van der Waals surface area contributed by atoms with Crippen LogP contribution in [0.2, 0.25) is 0 Å². The van der Waals surface area contributed by atoms with Crippen molar-refractivity contribution in [3.05, 3.63) is 36.5 Å². The Bertz CT molecular complexity index is 628. The molecule has 0 fully saturated rings. The van der Waals surface area contributed by atoms with Gasteiger partial charge in [0, 0.05) is 6.42 Å². The van der Waals surface area contributed by atoms with Crippen LogP contribution in [0.4, 0.5) is 0 Å². The van der Waals surface area contributed by atoms with E-state index in [9.17, 15) is 15.0 Å². The van der Waals surface area contributed by atoms with Gasteiger partial charge in [0.25, 0.3) is 0 Å². The van der Waals surface area contributed by atoms with Crippen molar-refractivity contribution in [2.24, 2.45) is 0 Å². The van der Waals surface area contributed by atoms with Crippen molar-refractivity contribution in [1.82, 2.24) is 5.32 Å². The minimum Gasteiger partial charge on any atom is -0.394 e. The Morgan fingerprint density at radius 3 is 1.49 bits per heavy atom. The molecule has 0 rings (SSSR count). The molecule has 3 N–H and O–H groups in total. The molecule has 1 amide bonds. The molecular weight excluding hydrogens is 506 g/mol. The highest BCUT2D eigenvalue weighted by atomic mass is 16.3. The lowest BCUT2D eigenvalue weighted by Crippen LogP contribution is -2.45. The van der Waals surface area contributed by atoms with Crippen molar-refractivity contribution in [3.63, 3.8) is 0 Å². The lowest BCUT2D eigenvalue weighted by Gasteiger charge is -2.22. The predicted octanol–water partition coefficient (Wildman–Crippen LogP) is 10.3. The number of rotatable bonds is 31. The van der Waals surface area contributed by atoms with E-state index in [0.29, 0.717) is 12.8 Å². The van der Waals surface area contributed by atoms with Crippen LogP contribution in [0.3, 0.4) is 0 Å². The summed E-state index contributed by atoms with van der Waals surface area (Å²) in [6.07, 6.45) is 42.0. The molecule has 0 aliphatic carbocycles. The van der Waals surface area contributed by atoms with Gasteiger partial charge in [-0.1, -0.05) is 153 Å². The second-order valence-electron chi connectivity index (χ2n) is 11.9. The zero-order chi connectivity index (χ0) is 30.1. The Kier molecular flexibility index (Phi) is 32.0. The maximum absolute atomic E-state index is 12.3. The molecule has 4 heteroatoms. The molecule has 0 saturated heterocycles. The molecule has 2 unspecified atom stereocenters. The predicted molar refractivity (Wildman–Crippen MR) is 179 cm³/mol. The third-order valence-electron chi connectivity index (χ3n) is 7.90. The van der Waals surface area contributed by atoms with E-state index in [0.717, 1.165) is 51.4 Å². The fraction of sp³-hybridized carbons (Fsp3) is 0.811. The minimum absolute atomic E-state index is 0.0490. The van der Waals surface area contributed by atoms with Crippen LogP contribution < -0.4 is 5.32 Å². The van der Waals surface area contributed by atoms with E-state index >= 15 is 0 Å². The molecular formula is C37H69NO3. The van der Waals surface area contributed by atoms with Gasteiger partial charge in [-0.25, -0.2) is 0 Å². The topological polar surface area (TPSA) is 69.6 Å². The van der Waals surface area contributed by atoms with Gasteiger partial charge < -0.3 is 15.5 Å². The van der Waals surface area contributed by atoms with E-state index in [1.165, 1.54) is 96.3 Å². The Morgan fingerprint density at radius 1 is 0.585 bits per heavy atom. The van der Waals surface area contributed by atoms with Crippen LogP contribution in [0, 0.1) is 0 Å². The van der Waals surface area contributed by atoms with Gasteiger partial charge in [-0.05, 0) is 51.4 Å². The monoisotopic (exact) mass is 576 g/mol. The largest absolute Gasteiger partial charge is 0.394 e. The number of aliphatic hydroxyl groups is 2. The van der Waals surface area contributed by atoms with E-state index in [1.54, 1.807) is 0 Å². The summed E-state index contributed by atoms with van der Waals surface area (Å²) in [6, 6.07) is -0.539. The van der Waals surface area contributed by atoms with Crippen molar-refractivity contribution in [1.29, 1.82) is 0 Å².